The smallest absolute Gasteiger partial charge is 0.0701 e. The van der Waals surface area contributed by atoms with Crippen molar-refractivity contribution in [3.05, 3.63) is 24.0 Å². The van der Waals surface area contributed by atoms with Crippen LogP contribution in [0.4, 0.5) is 5.69 Å². The molecule has 1 heterocycles. The van der Waals surface area contributed by atoms with E-state index in [9.17, 15) is 0 Å². The van der Waals surface area contributed by atoms with Crippen LogP contribution in [0.15, 0.2) is 18.5 Å². The molecule has 5 heteroatoms. The van der Waals surface area contributed by atoms with E-state index in [0.29, 0.717) is 33.0 Å². The fraction of sp³-hybridized carbons (Fsp3) is 0.583. The second-order valence-electron chi connectivity index (χ2n) is 3.54. The highest BCUT2D eigenvalue weighted by Gasteiger charge is 1.98. The predicted octanol–water partition coefficient (Wildman–Crippen LogP) is 0.886. The van der Waals surface area contributed by atoms with E-state index in [1.165, 1.54) is 0 Å². The average Bonchev–Trinajstić information content (AvgIpc) is 2.35. The van der Waals surface area contributed by atoms with E-state index in [4.69, 9.17) is 19.9 Å². The van der Waals surface area contributed by atoms with Crippen LogP contribution < -0.4 is 5.73 Å². The van der Waals surface area contributed by atoms with Gasteiger partial charge in [0.2, 0.25) is 0 Å². The van der Waals surface area contributed by atoms with Crippen molar-refractivity contribution in [2.24, 2.45) is 0 Å². The number of hydrogen-bond donors (Lipinski definition) is 1. The number of rotatable bonds is 9. The van der Waals surface area contributed by atoms with Gasteiger partial charge in [0.05, 0.1) is 33.0 Å². The summed E-state index contributed by atoms with van der Waals surface area (Å²) in [4.78, 5) is 4.02. The fourth-order valence-corrected chi connectivity index (χ4v) is 1.29. The molecule has 0 aliphatic heterocycles. The molecule has 0 aliphatic rings. The topological polar surface area (TPSA) is 66.6 Å². The van der Waals surface area contributed by atoms with E-state index >= 15 is 0 Å². The zero-order chi connectivity index (χ0) is 12.3. The van der Waals surface area contributed by atoms with Gasteiger partial charge in [-0.3, -0.25) is 4.98 Å². The Balaban J connectivity index is 1.99. The van der Waals surface area contributed by atoms with Crippen LogP contribution in [0.5, 0.6) is 0 Å². The Morgan fingerprint density at radius 3 is 2.53 bits per heavy atom. The molecule has 96 valence electrons. The number of aromatic nitrogens is 1. The minimum Gasteiger partial charge on any atom is -0.398 e. The number of methoxy groups -OCH3 is 1. The maximum absolute atomic E-state index is 5.78. The molecule has 0 saturated heterocycles. The molecule has 1 aromatic heterocycles. The first kappa shape index (κ1) is 13.9. The number of nitrogen functional groups attached to an aromatic ring is 1. The Kier molecular flexibility index (Phi) is 7.29. The lowest BCUT2D eigenvalue weighted by Gasteiger charge is -2.06. The third-order valence-electron chi connectivity index (χ3n) is 2.26. The quantitative estimate of drug-likeness (QED) is 0.649. The van der Waals surface area contributed by atoms with Gasteiger partial charge in [0.25, 0.3) is 0 Å². The molecule has 0 saturated carbocycles. The normalized spacial score (nSPS) is 10.6. The third-order valence-corrected chi connectivity index (χ3v) is 2.26. The number of hydrogen-bond acceptors (Lipinski definition) is 5. The molecule has 0 unspecified atom stereocenters. The fourth-order valence-electron chi connectivity index (χ4n) is 1.29. The molecule has 0 spiro atoms. The number of nitrogens with zero attached hydrogens (tertiary/aromatic N) is 1. The monoisotopic (exact) mass is 240 g/mol. The molecular formula is C12H20N2O3. The molecule has 0 fully saturated rings. The summed E-state index contributed by atoms with van der Waals surface area (Å²) in [6.07, 6.45) is 4.23. The van der Waals surface area contributed by atoms with Crippen molar-refractivity contribution in [3.8, 4) is 0 Å². The van der Waals surface area contributed by atoms with Crippen LogP contribution in [0.25, 0.3) is 0 Å². The molecule has 0 atom stereocenters. The van der Waals surface area contributed by atoms with Crippen LogP contribution in [-0.4, -0.2) is 45.1 Å². The molecule has 0 radical (unpaired) electrons. The first-order chi connectivity index (χ1) is 8.34. The first-order valence-corrected chi connectivity index (χ1v) is 5.67. The molecule has 0 aromatic carbocycles. The van der Waals surface area contributed by atoms with Gasteiger partial charge in [-0.05, 0) is 18.1 Å². The molecule has 5 nitrogen and oxygen atoms in total. The maximum atomic E-state index is 5.78. The zero-order valence-electron chi connectivity index (χ0n) is 10.2. The molecule has 2 N–H and O–H groups in total. The van der Waals surface area contributed by atoms with Crippen LogP contribution in [0.3, 0.4) is 0 Å². The summed E-state index contributed by atoms with van der Waals surface area (Å²) >= 11 is 0. The molecule has 0 bridgehead atoms. The first-order valence-electron chi connectivity index (χ1n) is 5.67. The van der Waals surface area contributed by atoms with Crippen molar-refractivity contribution < 1.29 is 14.2 Å². The van der Waals surface area contributed by atoms with Gasteiger partial charge in [0, 0.05) is 25.2 Å². The van der Waals surface area contributed by atoms with Gasteiger partial charge >= 0.3 is 0 Å². The Hall–Kier alpha value is -1.17. The van der Waals surface area contributed by atoms with E-state index < -0.39 is 0 Å². The number of ether oxygens (including phenoxy) is 3. The van der Waals surface area contributed by atoms with E-state index in [0.717, 1.165) is 17.7 Å². The lowest BCUT2D eigenvalue weighted by atomic mass is 10.2. The second-order valence-corrected chi connectivity index (χ2v) is 3.54. The van der Waals surface area contributed by atoms with Crippen LogP contribution in [0.1, 0.15) is 5.56 Å². The van der Waals surface area contributed by atoms with Gasteiger partial charge in [0.1, 0.15) is 0 Å². The maximum Gasteiger partial charge on any atom is 0.0701 e. The summed E-state index contributed by atoms with van der Waals surface area (Å²) in [5, 5.41) is 0. The van der Waals surface area contributed by atoms with Gasteiger partial charge < -0.3 is 19.9 Å². The molecular weight excluding hydrogens is 220 g/mol. The van der Waals surface area contributed by atoms with Crippen LogP contribution in [-0.2, 0) is 20.6 Å². The van der Waals surface area contributed by atoms with Crippen molar-refractivity contribution in [1.29, 1.82) is 0 Å². The highest BCUT2D eigenvalue weighted by Crippen LogP contribution is 2.08. The SMILES string of the molecule is COCCOCCOCCc1cnccc1N. The third kappa shape index (κ3) is 6.21. The van der Waals surface area contributed by atoms with Gasteiger partial charge in [-0.2, -0.15) is 0 Å². The zero-order valence-corrected chi connectivity index (χ0v) is 10.2. The van der Waals surface area contributed by atoms with E-state index in [2.05, 4.69) is 4.98 Å². The summed E-state index contributed by atoms with van der Waals surface area (Å²) in [5.74, 6) is 0. The molecule has 1 rings (SSSR count). The van der Waals surface area contributed by atoms with Gasteiger partial charge in [-0.15, -0.1) is 0 Å². The predicted molar refractivity (Wildman–Crippen MR) is 65.9 cm³/mol. The van der Waals surface area contributed by atoms with Crippen molar-refractivity contribution >= 4 is 5.69 Å². The molecule has 17 heavy (non-hydrogen) atoms. The molecule has 1 aromatic rings. The van der Waals surface area contributed by atoms with E-state index in [-0.39, 0.29) is 0 Å². The summed E-state index contributed by atoms with van der Waals surface area (Å²) < 4.78 is 15.5. The van der Waals surface area contributed by atoms with E-state index in [1.807, 2.05) is 0 Å². The lowest BCUT2D eigenvalue weighted by molar-refractivity contribution is 0.0256. The van der Waals surface area contributed by atoms with Crippen LogP contribution in [0.2, 0.25) is 0 Å². The van der Waals surface area contributed by atoms with Gasteiger partial charge in [-0.25, -0.2) is 0 Å². The van der Waals surface area contributed by atoms with Crippen LogP contribution in [0, 0.1) is 0 Å². The Morgan fingerprint density at radius 2 is 1.82 bits per heavy atom. The average molecular weight is 240 g/mol. The minimum absolute atomic E-state index is 0.587. The number of anilines is 1. The van der Waals surface area contributed by atoms with Crippen molar-refractivity contribution in [2.45, 2.75) is 6.42 Å². The van der Waals surface area contributed by atoms with Gasteiger partial charge in [0.15, 0.2) is 0 Å². The lowest BCUT2D eigenvalue weighted by Crippen LogP contribution is -2.10. The summed E-state index contributed by atoms with van der Waals surface area (Å²) in [7, 11) is 1.65. The summed E-state index contributed by atoms with van der Waals surface area (Å²) in [6, 6.07) is 1.79. The Labute approximate surface area is 102 Å². The highest BCUT2D eigenvalue weighted by molar-refractivity contribution is 5.44. The Morgan fingerprint density at radius 1 is 1.12 bits per heavy atom. The van der Waals surface area contributed by atoms with Gasteiger partial charge in [-0.1, -0.05) is 0 Å². The van der Waals surface area contributed by atoms with Crippen molar-refractivity contribution in [1.82, 2.24) is 4.98 Å². The largest absolute Gasteiger partial charge is 0.398 e. The minimum atomic E-state index is 0.587. The summed E-state index contributed by atoms with van der Waals surface area (Å²) in [6.45, 7) is 3.03. The highest BCUT2D eigenvalue weighted by atomic mass is 16.5. The van der Waals surface area contributed by atoms with Crippen molar-refractivity contribution in [3.63, 3.8) is 0 Å². The van der Waals surface area contributed by atoms with E-state index in [1.54, 1.807) is 25.6 Å². The standard InChI is InChI=1S/C12H20N2O3/c1-15-6-7-17-9-8-16-5-3-11-10-14-4-2-12(11)13/h2,4,10H,3,5-9H2,1H3,(H2,13,14). The number of pyridine rings is 1. The number of nitrogens with two attached hydrogens (primary N) is 1. The van der Waals surface area contributed by atoms with Crippen LogP contribution >= 0.6 is 0 Å². The van der Waals surface area contributed by atoms with Crippen molar-refractivity contribution in [2.75, 3.05) is 45.9 Å². The molecule has 0 amide bonds. The Bertz CT molecular complexity index is 308. The summed E-state index contributed by atoms with van der Waals surface area (Å²) in [5.41, 5.74) is 7.57. The molecule has 0 aliphatic carbocycles. The second kappa shape index (κ2) is 8.92.